The van der Waals surface area contributed by atoms with Crippen LogP contribution in [0.5, 0.6) is 0 Å². The molecule has 4 heteroatoms. The number of hydrogen-bond donors (Lipinski definition) is 0. The normalized spacial score (nSPS) is 10.7. The van der Waals surface area contributed by atoms with E-state index in [1.54, 1.807) is 6.07 Å². The van der Waals surface area contributed by atoms with Crippen LogP contribution in [0.1, 0.15) is 10.4 Å². The third-order valence-corrected chi connectivity index (χ3v) is 3.62. The van der Waals surface area contributed by atoms with Gasteiger partial charge in [-0.05, 0) is 36.4 Å². The van der Waals surface area contributed by atoms with Crippen LogP contribution >= 0.6 is 0 Å². The zero-order chi connectivity index (χ0) is 15.7. The number of rotatable bonds is 3. The van der Waals surface area contributed by atoms with Gasteiger partial charge in [0.2, 0.25) is 0 Å². The molecule has 0 aliphatic heterocycles. The summed E-state index contributed by atoms with van der Waals surface area (Å²) < 4.78 is 10.7. The zero-order valence-electron chi connectivity index (χ0n) is 12.8. The van der Waals surface area contributed by atoms with E-state index in [1.807, 2.05) is 61.5 Å². The quantitative estimate of drug-likeness (QED) is 0.686. The predicted molar refractivity (Wildman–Crippen MR) is 87.3 cm³/mol. The van der Waals surface area contributed by atoms with Gasteiger partial charge in [-0.1, -0.05) is 12.1 Å². The average Bonchev–Trinajstić information content (AvgIpc) is 2.98. The first kappa shape index (κ1) is 14.2. The third kappa shape index (κ3) is 2.44. The van der Waals surface area contributed by atoms with Gasteiger partial charge in [-0.25, -0.2) is 4.79 Å². The third-order valence-electron chi connectivity index (χ3n) is 3.62. The van der Waals surface area contributed by atoms with Crippen LogP contribution in [0.3, 0.4) is 0 Å². The van der Waals surface area contributed by atoms with E-state index in [0.29, 0.717) is 11.1 Å². The van der Waals surface area contributed by atoms with Crippen molar-refractivity contribution in [3.05, 3.63) is 54.1 Å². The highest BCUT2D eigenvalue weighted by atomic mass is 16.5. The molecule has 4 nitrogen and oxygen atoms in total. The Morgan fingerprint density at radius 1 is 1.09 bits per heavy atom. The molecule has 1 heterocycles. The van der Waals surface area contributed by atoms with Crippen LogP contribution < -0.4 is 4.90 Å². The zero-order valence-corrected chi connectivity index (χ0v) is 12.8. The number of nitrogens with zero attached hydrogens (tertiary/aromatic N) is 1. The summed E-state index contributed by atoms with van der Waals surface area (Å²) in [5, 5.41) is 0.884. The summed E-state index contributed by atoms with van der Waals surface area (Å²) in [5.74, 6) is 0.339. The molecule has 3 aromatic rings. The summed E-state index contributed by atoms with van der Waals surface area (Å²) in [6, 6.07) is 15.5. The van der Waals surface area contributed by atoms with E-state index in [-0.39, 0.29) is 0 Å². The fraction of sp³-hybridized carbons (Fsp3) is 0.167. The van der Waals surface area contributed by atoms with E-state index in [9.17, 15) is 4.79 Å². The van der Waals surface area contributed by atoms with E-state index < -0.39 is 5.97 Å². The van der Waals surface area contributed by atoms with Crippen molar-refractivity contribution < 1.29 is 13.9 Å². The van der Waals surface area contributed by atoms with E-state index in [4.69, 9.17) is 9.15 Å². The number of benzene rings is 2. The first-order chi connectivity index (χ1) is 10.6. The Morgan fingerprint density at radius 3 is 2.45 bits per heavy atom. The number of carbonyl (C=O) groups is 1. The van der Waals surface area contributed by atoms with Crippen LogP contribution in [0.25, 0.3) is 22.3 Å². The van der Waals surface area contributed by atoms with Crippen molar-refractivity contribution in [2.75, 3.05) is 26.1 Å². The molecular formula is C18H17NO3. The second kappa shape index (κ2) is 5.56. The number of hydrogen-bond acceptors (Lipinski definition) is 4. The molecule has 0 saturated heterocycles. The Balaban J connectivity index is 2.07. The van der Waals surface area contributed by atoms with Crippen LogP contribution in [0, 0.1) is 0 Å². The lowest BCUT2D eigenvalue weighted by atomic mass is 10.1. The number of esters is 1. The molecule has 3 rings (SSSR count). The smallest absolute Gasteiger partial charge is 0.341 e. The van der Waals surface area contributed by atoms with Gasteiger partial charge in [0.05, 0.1) is 7.11 Å². The Hall–Kier alpha value is -2.75. The summed E-state index contributed by atoms with van der Waals surface area (Å²) in [5.41, 5.74) is 3.09. The number of anilines is 1. The lowest BCUT2D eigenvalue weighted by molar-refractivity contribution is 0.0602. The fourth-order valence-corrected chi connectivity index (χ4v) is 2.40. The summed E-state index contributed by atoms with van der Waals surface area (Å²) in [6.07, 6.45) is 0. The Bertz CT molecular complexity index is 816. The lowest BCUT2D eigenvalue weighted by Crippen LogP contribution is -2.07. The minimum absolute atomic E-state index is 0.394. The van der Waals surface area contributed by atoms with Crippen LogP contribution in [-0.4, -0.2) is 27.2 Å². The van der Waals surface area contributed by atoms with Crippen molar-refractivity contribution in [3.63, 3.8) is 0 Å². The predicted octanol–water partition coefficient (Wildman–Crippen LogP) is 3.95. The van der Waals surface area contributed by atoms with Gasteiger partial charge in [0.1, 0.15) is 16.9 Å². The number of furan rings is 1. The Morgan fingerprint density at radius 2 is 1.82 bits per heavy atom. The van der Waals surface area contributed by atoms with Crippen molar-refractivity contribution >= 4 is 22.6 Å². The topological polar surface area (TPSA) is 42.7 Å². The molecule has 0 saturated carbocycles. The second-order valence-electron chi connectivity index (χ2n) is 5.27. The van der Waals surface area contributed by atoms with Crippen LogP contribution in [0.2, 0.25) is 0 Å². The summed E-state index contributed by atoms with van der Waals surface area (Å²) in [7, 11) is 5.36. The van der Waals surface area contributed by atoms with Crippen LogP contribution in [-0.2, 0) is 4.74 Å². The van der Waals surface area contributed by atoms with Gasteiger partial charge in [-0.3, -0.25) is 0 Å². The highest BCUT2D eigenvalue weighted by Gasteiger charge is 2.15. The van der Waals surface area contributed by atoms with E-state index in [2.05, 4.69) is 0 Å². The molecule has 22 heavy (non-hydrogen) atoms. The number of para-hydroxylation sites is 1. The molecule has 112 valence electrons. The molecule has 0 N–H and O–H groups in total. The van der Waals surface area contributed by atoms with Gasteiger partial charge in [-0.15, -0.1) is 0 Å². The lowest BCUT2D eigenvalue weighted by Gasteiger charge is -2.12. The largest absolute Gasteiger partial charge is 0.465 e. The van der Waals surface area contributed by atoms with Crippen molar-refractivity contribution in [2.45, 2.75) is 0 Å². The number of ether oxygens (including phenoxy) is 1. The number of carbonyl (C=O) groups excluding carboxylic acids is 1. The molecule has 1 aromatic heterocycles. The summed E-state index contributed by atoms with van der Waals surface area (Å²) in [4.78, 5) is 13.8. The van der Waals surface area contributed by atoms with Crippen LogP contribution in [0.15, 0.2) is 52.9 Å². The molecule has 0 fully saturated rings. The van der Waals surface area contributed by atoms with Crippen molar-refractivity contribution in [2.24, 2.45) is 0 Å². The highest BCUT2D eigenvalue weighted by molar-refractivity contribution is 6.02. The van der Waals surface area contributed by atoms with Gasteiger partial charge in [0, 0.05) is 30.7 Å². The van der Waals surface area contributed by atoms with Gasteiger partial charge in [-0.2, -0.15) is 0 Å². The van der Waals surface area contributed by atoms with Crippen molar-refractivity contribution in [1.82, 2.24) is 0 Å². The Kier molecular flexibility index (Phi) is 3.59. The van der Waals surface area contributed by atoms with Gasteiger partial charge < -0.3 is 14.1 Å². The monoisotopic (exact) mass is 295 g/mol. The van der Waals surface area contributed by atoms with E-state index in [1.165, 1.54) is 7.11 Å². The molecule has 0 radical (unpaired) electrons. The first-order valence-corrected chi connectivity index (χ1v) is 6.99. The van der Waals surface area contributed by atoms with Crippen molar-refractivity contribution in [1.29, 1.82) is 0 Å². The minimum atomic E-state index is -0.394. The number of methoxy groups -OCH3 is 1. The maximum Gasteiger partial charge on any atom is 0.341 e. The molecule has 0 spiro atoms. The highest BCUT2D eigenvalue weighted by Crippen LogP contribution is 2.31. The fourth-order valence-electron chi connectivity index (χ4n) is 2.40. The second-order valence-corrected chi connectivity index (χ2v) is 5.27. The molecule has 0 bridgehead atoms. The van der Waals surface area contributed by atoms with Crippen LogP contribution in [0.4, 0.5) is 5.69 Å². The molecule has 0 aliphatic rings. The maximum atomic E-state index is 11.8. The molecule has 0 atom stereocenters. The standard InChI is InChI=1S/C18H17NO3/c1-19(2)14-9-7-12(8-10-14)16-11-13-5-4-6-15(17(13)22-16)18(20)21-3/h4-11H,1-3H3. The number of fused-ring (bicyclic) bond motifs is 1. The minimum Gasteiger partial charge on any atom is -0.465 e. The van der Waals surface area contributed by atoms with E-state index in [0.717, 1.165) is 22.4 Å². The first-order valence-electron chi connectivity index (χ1n) is 6.99. The molecule has 0 unspecified atom stereocenters. The van der Waals surface area contributed by atoms with Gasteiger partial charge in [0.15, 0.2) is 0 Å². The molecule has 2 aromatic carbocycles. The maximum absolute atomic E-state index is 11.8. The summed E-state index contributed by atoms with van der Waals surface area (Å²) >= 11 is 0. The molecule has 0 amide bonds. The molecule has 0 aliphatic carbocycles. The summed E-state index contributed by atoms with van der Waals surface area (Å²) in [6.45, 7) is 0. The van der Waals surface area contributed by atoms with E-state index >= 15 is 0 Å². The van der Waals surface area contributed by atoms with Gasteiger partial charge in [0.25, 0.3) is 0 Å². The van der Waals surface area contributed by atoms with Crippen molar-refractivity contribution in [3.8, 4) is 11.3 Å². The SMILES string of the molecule is COC(=O)c1cccc2cc(-c3ccc(N(C)C)cc3)oc12. The average molecular weight is 295 g/mol. The van der Waals surface area contributed by atoms with Gasteiger partial charge >= 0.3 is 5.97 Å². The Labute approximate surface area is 128 Å². The molecular weight excluding hydrogens is 278 g/mol.